The number of nitrogens with zero attached hydrogens (tertiary/aromatic N) is 2. The van der Waals surface area contributed by atoms with Crippen molar-refractivity contribution in [2.75, 3.05) is 5.01 Å². The first-order valence-electron chi connectivity index (χ1n) is 9.39. The quantitative estimate of drug-likeness (QED) is 0.287. The lowest BCUT2D eigenvalue weighted by atomic mass is 10.1. The van der Waals surface area contributed by atoms with E-state index in [9.17, 15) is 19.7 Å². The topological polar surface area (TPSA) is 102 Å². The standard InChI is InChI=1S/C23H17N3O5/c27-22-21(23(28)25(24-22)18-6-2-1-3-7-18)14-16-9-11-20(12-10-16)31-15-17-5-4-8-19(13-17)26(29)30/h1-14H,15H2,(H,24,27). The van der Waals surface area contributed by atoms with E-state index >= 15 is 0 Å². The Bertz CT molecular complexity index is 1170. The van der Waals surface area contributed by atoms with Crippen molar-refractivity contribution in [3.8, 4) is 5.75 Å². The highest BCUT2D eigenvalue weighted by atomic mass is 16.6. The van der Waals surface area contributed by atoms with Crippen LogP contribution in [0, 0.1) is 10.1 Å². The number of benzene rings is 3. The molecular weight excluding hydrogens is 398 g/mol. The highest BCUT2D eigenvalue weighted by Gasteiger charge is 2.34. The van der Waals surface area contributed by atoms with E-state index in [1.807, 2.05) is 6.07 Å². The Morgan fingerprint density at radius 3 is 2.42 bits per heavy atom. The second-order valence-corrected chi connectivity index (χ2v) is 6.76. The molecule has 1 N–H and O–H groups in total. The predicted octanol–water partition coefficient (Wildman–Crippen LogP) is 3.64. The minimum Gasteiger partial charge on any atom is -0.489 e. The average molecular weight is 415 g/mol. The van der Waals surface area contributed by atoms with E-state index in [0.717, 1.165) is 0 Å². The lowest BCUT2D eigenvalue weighted by molar-refractivity contribution is -0.384. The van der Waals surface area contributed by atoms with Crippen LogP contribution in [0.5, 0.6) is 5.75 Å². The molecule has 3 aromatic carbocycles. The molecule has 2 amide bonds. The largest absolute Gasteiger partial charge is 0.489 e. The summed E-state index contributed by atoms with van der Waals surface area (Å²) in [4.78, 5) is 35.3. The van der Waals surface area contributed by atoms with Gasteiger partial charge in [0, 0.05) is 12.1 Å². The second-order valence-electron chi connectivity index (χ2n) is 6.76. The molecule has 0 radical (unpaired) electrons. The summed E-state index contributed by atoms with van der Waals surface area (Å²) in [6.07, 6.45) is 1.52. The summed E-state index contributed by atoms with van der Waals surface area (Å²) < 4.78 is 5.67. The van der Waals surface area contributed by atoms with Crippen LogP contribution in [0.1, 0.15) is 11.1 Å². The van der Waals surface area contributed by atoms with E-state index in [-0.39, 0.29) is 17.9 Å². The van der Waals surface area contributed by atoms with Crippen LogP contribution in [0.25, 0.3) is 6.08 Å². The third-order valence-corrected chi connectivity index (χ3v) is 4.62. The summed E-state index contributed by atoms with van der Waals surface area (Å²) in [7, 11) is 0. The van der Waals surface area contributed by atoms with Crippen LogP contribution in [-0.2, 0) is 16.2 Å². The molecule has 0 atom stereocenters. The maximum Gasteiger partial charge on any atom is 0.282 e. The van der Waals surface area contributed by atoms with E-state index in [2.05, 4.69) is 5.43 Å². The molecule has 0 spiro atoms. The van der Waals surface area contributed by atoms with Crippen LogP contribution in [0.2, 0.25) is 0 Å². The number of anilines is 1. The van der Waals surface area contributed by atoms with Gasteiger partial charge in [-0.1, -0.05) is 42.5 Å². The fraction of sp³-hybridized carbons (Fsp3) is 0.0435. The van der Waals surface area contributed by atoms with E-state index in [1.165, 1.54) is 23.2 Å². The number of hydrogen-bond acceptors (Lipinski definition) is 5. The molecule has 154 valence electrons. The average Bonchev–Trinajstić information content (AvgIpc) is 3.07. The molecule has 0 unspecified atom stereocenters. The molecule has 3 aromatic rings. The van der Waals surface area contributed by atoms with Gasteiger partial charge in [0.1, 0.15) is 17.9 Å². The van der Waals surface area contributed by atoms with Gasteiger partial charge < -0.3 is 4.74 Å². The van der Waals surface area contributed by atoms with Crippen molar-refractivity contribution in [3.63, 3.8) is 0 Å². The fourth-order valence-corrected chi connectivity index (χ4v) is 3.07. The second kappa shape index (κ2) is 8.50. The minimum absolute atomic E-state index is 0.00660. The van der Waals surface area contributed by atoms with Gasteiger partial charge in [-0.2, -0.15) is 0 Å². The van der Waals surface area contributed by atoms with Gasteiger partial charge in [-0.25, -0.2) is 5.01 Å². The Morgan fingerprint density at radius 2 is 1.71 bits per heavy atom. The molecule has 31 heavy (non-hydrogen) atoms. The zero-order valence-electron chi connectivity index (χ0n) is 16.2. The Kier molecular flexibility index (Phi) is 5.44. The van der Waals surface area contributed by atoms with Gasteiger partial charge in [-0.15, -0.1) is 0 Å². The number of nitrogens with one attached hydrogen (secondary N) is 1. The van der Waals surface area contributed by atoms with Gasteiger partial charge in [-0.05, 0) is 41.5 Å². The zero-order chi connectivity index (χ0) is 21.8. The molecule has 1 heterocycles. The molecule has 4 rings (SSSR count). The first kappa shape index (κ1) is 19.8. The molecule has 0 bridgehead atoms. The summed E-state index contributed by atoms with van der Waals surface area (Å²) in [5.74, 6) is -0.344. The highest BCUT2D eigenvalue weighted by Crippen LogP contribution is 2.22. The minimum atomic E-state index is -0.472. The molecule has 1 saturated heterocycles. The van der Waals surface area contributed by atoms with Crippen LogP contribution < -0.4 is 15.2 Å². The van der Waals surface area contributed by atoms with E-state index < -0.39 is 16.7 Å². The number of amides is 2. The van der Waals surface area contributed by atoms with Crippen molar-refractivity contribution in [3.05, 3.63) is 106 Å². The summed E-state index contributed by atoms with van der Waals surface area (Å²) in [5.41, 5.74) is 4.52. The van der Waals surface area contributed by atoms with Crippen LogP contribution in [-0.4, -0.2) is 16.7 Å². The monoisotopic (exact) mass is 415 g/mol. The van der Waals surface area contributed by atoms with Crippen LogP contribution in [0.3, 0.4) is 0 Å². The van der Waals surface area contributed by atoms with E-state index in [1.54, 1.807) is 60.7 Å². The van der Waals surface area contributed by atoms with Crippen LogP contribution in [0.15, 0.2) is 84.4 Å². The number of nitro benzene ring substituents is 1. The summed E-state index contributed by atoms with van der Waals surface area (Å²) in [6, 6.07) is 21.9. The lowest BCUT2D eigenvalue weighted by Gasteiger charge is -2.13. The molecule has 8 nitrogen and oxygen atoms in total. The van der Waals surface area contributed by atoms with E-state index in [4.69, 9.17) is 4.74 Å². The molecule has 8 heteroatoms. The maximum absolute atomic E-state index is 12.6. The molecule has 0 aliphatic carbocycles. The molecule has 1 aliphatic rings. The smallest absolute Gasteiger partial charge is 0.282 e. The fourth-order valence-electron chi connectivity index (χ4n) is 3.07. The molecule has 0 saturated carbocycles. The van der Waals surface area contributed by atoms with E-state index in [0.29, 0.717) is 22.6 Å². The van der Waals surface area contributed by atoms with Crippen molar-refractivity contribution in [2.24, 2.45) is 0 Å². The highest BCUT2D eigenvalue weighted by molar-refractivity contribution is 6.31. The van der Waals surface area contributed by atoms with Gasteiger partial charge >= 0.3 is 0 Å². The third kappa shape index (κ3) is 4.43. The molecule has 1 aliphatic heterocycles. The lowest BCUT2D eigenvalue weighted by Crippen LogP contribution is -2.35. The summed E-state index contributed by atoms with van der Waals surface area (Å²) in [5, 5.41) is 12.1. The number of para-hydroxylation sites is 1. The maximum atomic E-state index is 12.6. The van der Waals surface area contributed by atoms with Crippen molar-refractivity contribution in [1.82, 2.24) is 5.43 Å². The first-order chi connectivity index (χ1) is 15.0. The zero-order valence-corrected chi connectivity index (χ0v) is 16.2. The van der Waals surface area contributed by atoms with Crippen molar-refractivity contribution >= 4 is 29.3 Å². The number of hydrogen-bond donors (Lipinski definition) is 1. The van der Waals surface area contributed by atoms with Gasteiger partial charge in [0.25, 0.3) is 17.5 Å². The van der Waals surface area contributed by atoms with Gasteiger partial charge in [0.2, 0.25) is 0 Å². The molecule has 0 aromatic heterocycles. The number of nitro groups is 1. The van der Waals surface area contributed by atoms with Gasteiger partial charge in [0.05, 0.1) is 10.6 Å². The SMILES string of the molecule is O=C1NN(c2ccccc2)C(=O)C1=Cc1ccc(OCc2cccc([N+](=O)[O-])c2)cc1. The number of rotatable bonds is 6. The van der Waals surface area contributed by atoms with Gasteiger partial charge in [0.15, 0.2) is 0 Å². The molecule has 1 fully saturated rings. The normalized spacial score (nSPS) is 14.6. The number of non-ortho nitro benzene ring substituents is 1. The number of hydrazine groups is 1. The Hall–Kier alpha value is -4.46. The third-order valence-electron chi connectivity index (χ3n) is 4.62. The Morgan fingerprint density at radius 1 is 0.968 bits per heavy atom. The Labute approximate surface area is 177 Å². The van der Waals surface area contributed by atoms with Crippen LogP contribution >= 0.6 is 0 Å². The number of carbonyl (C=O) groups excluding carboxylic acids is 2. The molecular formula is C23H17N3O5. The number of ether oxygens (including phenoxy) is 1. The van der Waals surface area contributed by atoms with Crippen molar-refractivity contribution < 1.29 is 19.2 Å². The van der Waals surface area contributed by atoms with Crippen molar-refractivity contribution in [1.29, 1.82) is 0 Å². The predicted molar refractivity (Wildman–Crippen MR) is 114 cm³/mol. The van der Waals surface area contributed by atoms with Crippen molar-refractivity contribution in [2.45, 2.75) is 6.61 Å². The number of carbonyl (C=O) groups is 2. The summed E-state index contributed by atoms with van der Waals surface area (Å²) >= 11 is 0. The first-order valence-corrected chi connectivity index (χ1v) is 9.39. The Balaban J connectivity index is 1.44. The van der Waals surface area contributed by atoms with Gasteiger partial charge in [-0.3, -0.25) is 25.1 Å². The van der Waals surface area contributed by atoms with Crippen LogP contribution in [0.4, 0.5) is 11.4 Å². The summed E-state index contributed by atoms with van der Waals surface area (Å²) in [6.45, 7) is 0.176.